The molecule has 6 nitrogen and oxygen atoms in total. The smallest absolute Gasteiger partial charge is 0.319 e. The second kappa shape index (κ2) is 5.17. The zero-order valence-corrected chi connectivity index (χ0v) is 14.1. The summed E-state index contributed by atoms with van der Waals surface area (Å²) in [5.74, 6) is -0.240. The van der Waals surface area contributed by atoms with Gasteiger partial charge in [0.05, 0.1) is 17.9 Å². The standard InChI is InChI=1S/C17H16N4O2S/c1-11-13(20-7-4-3-5-14(20)18-11)9-21-15(22)17(2,19-16(21)23)12-6-8-24-10-12/h3-8,10H,9H2,1-2H3,(H,19,23). The van der Waals surface area contributed by atoms with Gasteiger partial charge in [-0.15, -0.1) is 0 Å². The third kappa shape index (κ3) is 2.05. The Kier molecular flexibility index (Phi) is 3.21. The molecule has 1 aliphatic heterocycles. The zero-order valence-electron chi connectivity index (χ0n) is 13.3. The van der Waals surface area contributed by atoms with Crippen molar-refractivity contribution in [2.24, 2.45) is 0 Å². The summed E-state index contributed by atoms with van der Waals surface area (Å²) in [6.07, 6.45) is 1.89. The van der Waals surface area contributed by atoms with E-state index in [1.165, 1.54) is 16.2 Å². The lowest BCUT2D eigenvalue weighted by Crippen LogP contribution is -2.40. The molecule has 0 aromatic carbocycles. The van der Waals surface area contributed by atoms with Crippen LogP contribution in [0.3, 0.4) is 0 Å². The number of imidazole rings is 1. The molecule has 0 saturated carbocycles. The monoisotopic (exact) mass is 340 g/mol. The van der Waals surface area contributed by atoms with Gasteiger partial charge in [0.25, 0.3) is 5.91 Å². The van der Waals surface area contributed by atoms with Gasteiger partial charge in [-0.25, -0.2) is 9.78 Å². The minimum absolute atomic E-state index is 0.196. The number of amides is 3. The zero-order chi connectivity index (χ0) is 16.9. The van der Waals surface area contributed by atoms with Crippen molar-refractivity contribution in [2.45, 2.75) is 25.9 Å². The number of nitrogens with one attached hydrogen (secondary N) is 1. The Bertz CT molecular complexity index is 947. The Labute approximate surface area is 142 Å². The summed E-state index contributed by atoms with van der Waals surface area (Å²) >= 11 is 1.50. The minimum atomic E-state index is -1.01. The summed E-state index contributed by atoms with van der Waals surface area (Å²) in [7, 11) is 0. The summed E-state index contributed by atoms with van der Waals surface area (Å²) in [5.41, 5.74) is 2.25. The molecule has 122 valence electrons. The van der Waals surface area contributed by atoms with E-state index >= 15 is 0 Å². The van der Waals surface area contributed by atoms with E-state index in [2.05, 4.69) is 10.3 Å². The Balaban J connectivity index is 1.71. The molecule has 4 heterocycles. The number of fused-ring (bicyclic) bond motifs is 1. The topological polar surface area (TPSA) is 66.7 Å². The van der Waals surface area contributed by atoms with Crippen molar-refractivity contribution in [3.63, 3.8) is 0 Å². The number of pyridine rings is 1. The maximum absolute atomic E-state index is 12.9. The van der Waals surface area contributed by atoms with Crippen LogP contribution in [0.1, 0.15) is 23.9 Å². The van der Waals surface area contributed by atoms with E-state index in [0.29, 0.717) is 0 Å². The summed E-state index contributed by atoms with van der Waals surface area (Å²) in [6.45, 7) is 3.83. The Morgan fingerprint density at radius 3 is 2.88 bits per heavy atom. The molecule has 3 aromatic heterocycles. The number of imide groups is 1. The van der Waals surface area contributed by atoms with Crippen LogP contribution in [0.2, 0.25) is 0 Å². The van der Waals surface area contributed by atoms with Crippen LogP contribution in [-0.4, -0.2) is 26.2 Å². The highest BCUT2D eigenvalue weighted by Crippen LogP contribution is 2.31. The molecular weight excluding hydrogens is 324 g/mol. The van der Waals surface area contributed by atoms with Crippen LogP contribution in [0.15, 0.2) is 41.2 Å². The fourth-order valence-electron chi connectivity index (χ4n) is 3.09. The molecule has 4 rings (SSSR count). The lowest BCUT2D eigenvalue weighted by atomic mass is 9.95. The van der Waals surface area contributed by atoms with Crippen molar-refractivity contribution in [3.05, 3.63) is 58.2 Å². The molecule has 3 aromatic rings. The highest BCUT2D eigenvalue weighted by atomic mass is 32.1. The van der Waals surface area contributed by atoms with Gasteiger partial charge in [0.2, 0.25) is 0 Å². The van der Waals surface area contributed by atoms with Crippen LogP contribution in [-0.2, 0) is 16.9 Å². The SMILES string of the molecule is Cc1nc2ccccn2c1CN1C(=O)NC(C)(c2ccsc2)C1=O. The van der Waals surface area contributed by atoms with Crippen LogP contribution in [0.25, 0.3) is 5.65 Å². The summed E-state index contributed by atoms with van der Waals surface area (Å²) in [4.78, 5) is 31.1. The van der Waals surface area contributed by atoms with Crippen molar-refractivity contribution >= 4 is 28.9 Å². The minimum Gasteiger partial charge on any atom is -0.319 e. The fraction of sp³-hybridized carbons (Fsp3) is 0.235. The number of hydrogen-bond donors (Lipinski definition) is 1. The maximum atomic E-state index is 12.9. The predicted molar refractivity (Wildman–Crippen MR) is 90.7 cm³/mol. The second-order valence-corrected chi connectivity index (χ2v) is 6.81. The van der Waals surface area contributed by atoms with Gasteiger partial charge in [-0.3, -0.25) is 9.69 Å². The molecule has 0 bridgehead atoms. The quantitative estimate of drug-likeness (QED) is 0.746. The summed E-state index contributed by atoms with van der Waals surface area (Å²) < 4.78 is 1.91. The fourth-order valence-corrected chi connectivity index (χ4v) is 3.85. The van der Waals surface area contributed by atoms with E-state index in [9.17, 15) is 9.59 Å². The highest BCUT2D eigenvalue weighted by molar-refractivity contribution is 7.08. The van der Waals surface area contributed by atoms with E-state index < -0.39 is 5.54 Å². The van der Waals surface area contributed by atoms with Crippen molar-refractivity contribution in [1.82, 2.24) is 19.6 Å². The van der Waals surface area contributed by atoms with Gasteiger partial charge in [0.15, 0.2) is 0 Å². The molecule has 1 fully saturated rings. The van der Waals surface area contributed by atoms with Crippen LogP contribution in [0, 0.1) is 6.92 Å². The first kappa shape index (κ1) is 14.9. The number of carbonyl (C=O) groups excluding carboxylic acids is 2. The molecule has 1 atom stereocenters. The average Bonchev–Trinajstić information content (AvgIpc) is 3.24. The highest BCUT2D eigenvalue weighted by Gasteiger charge is 2.49. The third-order valence-corrected chi connectivity index (χ3v) is 5.19. The Morgan fingerprint density at radius 2 is 2.12 bits per heavy atom. The molecule has 1 unspecified atom stereocenters. The van der Waals surface area contributed by atoms with E-state index in [1.807, 2.05) is 52.5 Å². The lowest BCUT2D eigenvalue weighted by molar-refractivity contribution is -0.131. The molecule has 1 aliphatic rings. The molecule has 1 N–H and O–H groups in total. The number of thiophene rings is 1. The van der Waals surface area contributed by atoms with Crippen LogP contribution in [0.5, 0.6) is 0 Å². The first-order chi connectivity index (χ1) is 11.5. The molecule has 7 heteroatoms. The van der Waals surface area contributed by atoms with Crippen molar-refractivity contribution in [2.75, 3.05) is 0 Å². The van der Waals surface area contributed by atoms with Gasteiger partial charge >= 0.3 is 6.03 Å². The third-order valence-electron chi connectivity index (χ3n) is 4.51. The van der Waals surface area contributed by atoms with Gasteiger partial charge in [-0.2, -0.15) is 11.3 Å². The van der Waals surface area contributed by atoms with Crippen LogP contribution < -0.4 is 5.32 Å². The molecule has 1 saturated heterocycles. The first-order valence-corrected chi connectivity index (χ1v) is 8.54. The molecule has 3 amide bonds. The first-order valence-electron chi connectivity index (χ1n) is 7.60. The van der Waals surface area contributed by atoms with Gasteiger partial charge < -0.3 is 9.72 Å². The van der Waals surface area contributed by atoms with Gasteiger partial charge in [0, 0.05) is 6.20 Å². The number of urea groups is 1. The van der Waals surface area contributed by atoms with E-state index in [-0.39, 0.29) is 18.5 Å². The summed E-state index contributed by atoms with van der Waals surface area (Å²) in [6, 6.07) is 7.20. The van der Waals surface area contributed by atoms with E-state index in [1.54, 1.807) is 6.92 Å². The van der Waals surface area contributed by atoms with Crippen LogP contribution >= 0.6 is 11.3 Å². The van der Waals surface area contributed by atoms with Gasteiger partial charge in [0.1, 0.15) is 11.2 Å². The normalized spacial score (nSPS) is 20.8. The molecular formula is C17H16N4O2S. The van der Waals surface area contributed by atoms with Crippen molar-refractivity contribution < 1.29 is 9.59 Å². The van der Waals surface area contributed by atoms with Crippen molar-refractivity contribution in [1.29, 1.82) is 0 Å². The van der Waals surface area contributed by atoms with Crippen LogP contribution in [0.4, 0.5) is 4.79 Å². The number of hydrogen-bond acceptors (Lipinski definition) is 4. The maximum Gasteiger partial charge on any atom is 0.325 e. The van der Waals surface area contributed by atoms with Gasteiger partial charge in [-0.1, -0.05) is 6.07 Å². The van der Waals surface area contributed by atoms with Gasteiger partial charge in [-0.05, 0) is 48.4 Å². The predicted octanol–water partition coefficient (Wildman–Crippen LogP) is 2.67. The molecule has 0 aliphatic carbocycles. The Morgan fingerprint density at radius 1 is 1.29 bits per heavy atom. The number of rotatable bonds is 3. The number of carbonyl (C=O) groups is 2. The van der Waals surface area contributed by atoms with E-state index in [0.717, 1.165) is 22.6 Å². The number of aryl methyl sites for hydroxylation is 1. The molecule has 0 radical (unpaired) electrons. The Hall–Kier alpha value is -2.67. The second-order valence-electron chi connectivity index (χ2n) is 6.03. The largest absolute Gasteiger partial charge is 0.325 e. The van der Waals surface area contributed by atoms with Crippen molar-refractivity contribution in [3.8, 4) is 0 Å². The summed E-state index contributed by atoms with van der Waals surface area (Å²) in [5, 5.41) is 6.62. The molecule has 24 heavy (non-hydrogen) atoms. The van der Waals surface area contributed by atoms with E-state index in [4.69, 9.17) is 0 Å². The lowest BCUT2D eigenvalue weighted by Gasteiger charge is -2.20. The number of aromatic nitrogens is 2. The molecule has 0 spiro atoms. The average molecular weight is 340 g/mol. The number of nitrogens with zero attached hydrogens (tertiary/aromatic N) is 3.